The number of hydrogen-bond donors (Lipinski definition) is 1. The number of anilines is 1. The van der Waals surface area contributed by atoms with Crippen LogP contribution in [0.5, 0.6) is 0 Å². The van der Waals surface area contributed by atoms with Gasteiger partial charge in [0.05, 0.1) is 17.1 Å². The van der Waals surface area contributed by atoms with Crippen molar-refractivity contribution in [2.45, 2.75) is 27.3 Å². The average Bonchev–Trinajstić information content (AvgIpc) is 3.12. The normalized spacial score (nSPS) is 11.6. The first-order valence-corrected chi connectivity index (χ1v) is 12.3. The molecule has 0 saturated carbocycles. The molecule has 0 bridgehead atoms. The zero-order chi connectivity index (χ0) is 25.4. The van der Waals surface area contributed by atoms with Gasteiger partial charge in [-0.25, -0.2) is 4.98 Å². The fraction of sp³-hybridized carbons (Fsp3) is 0.143. The number of aryl methyl sites for hydroxylation is 2. The van der Waals surface area contributed by atoms with E-state index < -0.39 is 0 Å². The van der Waals surface area contributed by atoms with Gasteiger partial charge in [-0.2, -0.15) is 9.78 Å². The number of aromatic nitrogens is 3. The lowest BCUT2D eigenvalue weighted by molar-refractivity contribution is -0.116. The van der Waals surface area contributed by atoms with Crippen molar-refractivity contribution in [3.63, 3.8) is 0 Å². The van der Waals surface area contributed by atoms with Gasteiger partial charge in [0.2, 0.25) is 5.91 Å². The second-order valence-corrected chi connectivity index (χ2v) is 9.56. The van der Waals surface area contributed by atoms with Crippen LogP contribution in [0.3, 0.4) is 0 Å². The summed E-state index contributed by atoms with van der Waals surface area (Å²) in [5, 5.41) is 8.96. The Hall–Kier alpha value is -4.04. The molecule has 36 heavy (non-hydrogen) atoms. The summed E-state index contributed by atoms with van der Waals surface area (Å²) in [7, 11) is 0. The Bertz CT molecular complexity index is 1730. The summed E-state index contributed by atoms with van der Waals surface area (Å²) in [6, 6.07) is 21.0. The number of para-hydroxylation sites is 2. The van der Waals surface area contributed by atoms with Gasteiger partial charge in [0.1, 0.15) is 12.4 Å². The summed E-state index contributed by atoms with van der Waals surface area (Å²) in [4.78, 5) is 30.6. The smallest absolute Gasteiger partial charge is 0.282 e. The Kier molecular flexibility index (Phi) is 6.28. The van der Waals surface area contributed by atoms with Crippen molar-refractivity contribution in [1.82, 2.24) is 14.2 Å². The van der Waals surface area contributed by atoms with Crippen molar-refractivity contribution in [2.75, 3.05) is 5.32 Å². The number of benzene rings is 3. The van der Waals surface area contributed by atoms with E-state index in [0.29, 0.717) is 16.7 Å². The van der Waals surface area contributed by atoms with Crippen molar-refractivity contribution in [1.29, 1.82) is 0 Å². The van der Waals surface area contributed by atoms with Crippen molar-refractivity contribution < 1.29 is 4.79 Å². The number of rotatable bonds is 5. The summed E-state index contributed by atoms with van der Waals surface area (Å²) in [6.07, 6.45) is 1.67. The van der Waals surface area contributed by atoms with Gasteiger partial charge in [-0.1, -0.05) is 52.3 Å². The van der Waals surface area contributed by atoms with E-state index in [1.807, 2.05) is 79.1 Å². The first-order valence-electron chi connectivity index (χ1n) is 11.5. The fourth-order valence-electron chi connectivity index (χ4n) is 4.38. The molecular formula is C28H24BrN5O2. The molecule has 0 spiro atoms. The molecule has 0 fully saturated rings. The summed E-state index contributed by atoms with van der Waals surface area (Å²) < 4.78 is 4.08. The van der Waals surface area contributed by atoms with E-state index in [9.17, 15) is 9.59 Å². The molecular weight excluding hydrogens is 518 g/mol. The zero-order valence-corrected chi connectivity index (χ0v) is 21.7. The maximum absolute atomic E-state index is 13.2. The van der Waals surface area contributed by atoms with Crippen LogP contribution in [-0.2, 0) is 11.3 Å². The average molecular weight is 542 g/mol. The van der Waals surface area contributed by atoms with Crippen molar-refractivity contribution >= 4 is 55.5 Å². The Balaban J connectivity index is 1.54. The molecule has 0 radical (unpaired) electrons. The minimum absolute atomic E-state index is 0.118. The van der Waals surface area contributed by atoms with Crippen LogP contribution < -0.4 is 10.9 Å². The minimum atomic E-state index is -0.242. The maximum atomic E-state index is 13.2. The summed E-state index contributed by atoms with van der Waals surface area (Å²) in [5.41, 5.74) is 4.82. The summed E-state index contributed by atoms with van der Waals surface area (Å²) >= 11 is 3.42. The molecule has 3 aromatic carbocycles. The maximum Gasteiger partial charge on any atom is 0.282 e. The highest BCUT2D eigenvalue weighted by Gasteiger charge is 2.16. The van der Waals surface area contributed by atoms with Gasteiger partial charge >= 0.3 is 0 Å². The van der Waals surface area contributed by atoms with Gasteiger partial charge in [0, 0.05) is 32.3 Å². The molecule has 0 aliphatic carbocycles. The number of nitrogens with zero attached hydrogens (tertiary/aromatic N) is 4. The molecule has 0 aliphatic heterocycles. The third-order valence-electron chi connectivity index (χ3n) is 6.27. The first-order chi connectivity index (χ1) is 17.3. The number of nitrogens with one attached hydrogen (secondary N) is 1. The van der Waals surface area contributed by atoms with E-state index in [0.717, 1.165) is 37.9 Å². The predicted octanol–water partition coefficient (Wildman–Crippen LogP) is 5.56. The second kappa shape index (κ2) is 9.54. The van der Waals surface area contributed by atoms with Crippen LogP contribution in [-0.4, -0.2) is 26.3 Å². The van der Waals surface area contributed by atoms with Gasteiger partial charge in [0.25, 0.3) is 5.56 Å². The van der Waals surface area contributed by atoms with Crippen LogP contribution in [0.1, 0.15) is 22.6 Å². The number of hydrogen-bond acceptors (Lipinski definition) is 4. The van der Waals surface area contributed by atoms with Crippen LogP contribution in [0.25, 0.3) is 21.8 Å². The number of fused-ring (bicyclic) bond motifs is 2. The molecule has 180 valence electrons. The highest BCUT2D eigenvalue weighted by atomic mass is 79.9. The zero-order valence-electron chi connectivity index (χ0n) is 20.1. The van der Waals surface area contributed by atoms with Gasteiger partial charge < -0.3 is 9.88 Å². The van der Waals surface area contributed by atoms with Crippen LogP contribution in [0.2, 0.25) is 0 Å². The minimum Gasteiger partial charge on any atom is -0.335 e. The Morgan fingerprint density at radius 3 is 2.58 bits per heavy atom. The van der Waals surface area contributed by atoms with E-state index in [1.165, 1.54) is 4.68 Å². The first kappa shape index (κ1) is 23.7. The molecule has 2 heterocycles. The van der Waals surface area contributed by atoms with Crippen LogP contribution in [0.15, 0.2) is 81.1 Å². The topological polar surface area (TPSA) is 81.3 Å². The third-order valence-corrected chi connectivity index (χ3v) is 6.77. The lowest BCUT2D eigenvalue weighted by atomic mass is 10.1. The Labute approximate surface area is 216 Å². The van der Waals surface area contributed by atoms with Crippen molar-refractivity contribution in [2.24, 2.45) is 5.10 Å². The highest BCUT2D eigenvalue weighted by molar-refractivity contribution is 9.10. The lowest BCUT2D eigenvalue weighted by Crippen LogP contribution is -2.21. The molecule has 1 N–H and O–H groups in total. The van der Waals surface area contributed by atoms with E-state index in [2.05, 4.69) is 31.3 Å². The molecule has 5 aromatic rings. The number of halogens is 1. The Morgan fingerprint density at radius 1 is 1.03 bits per heavy atom. The molecule has 0 saturated heterocycles. The fourth-order valence-corrected chi connectivity index (χ4v) is 4.74. The lowest BCUT2D eigenvalue weighted by Gasteiger charge is -2.11. The number of carbonyl (C=O) groups is 1. The largest absolute Gasteiger partial charge is 0.335 e. The van der Waals surface area contributed by atoms with Gasteiger partial charge in [-0.05, 0) is 56.7 Å². The van der Waals surface area contributed by atoms with E-state index in [-0.39, 0.29) is 18.0 Å². The van der Waals surface area contributed by atoms with Crippen molar-refractivity contribution in [3.8, 4) is 0 Å². The second-order valence-electron chi connectivity index (χ2n) is 8.65. The molecule has 0 atom stereocenters. The van der Waals surface area contributed by atoms with Gasteiger partial charge in [-0.3, -0.25) is 9.59 Å². The SMILES string of the molecule is Cc1ccccc1NC(=O)Cn1c(C)c(C=Nn2c(C)nc3ccc(Br)cc3c2=O)c2ccccc21. The molecule has 5 rings (SSSR count). The standard InChI is InChI=1S/C28H24BrN5O2/c1-17-8-4-6-10-24(17)32-27(35)16-33-18(2)23(21-9-5-7-11-26(21)33)15-30-34-19(3)31-25-13-12-20(29)14-22(25)28(34)36/h4-15H,16H2,1-3H3,(H,32,35). The summed E-state index contributed by atoms with van der Waals surface area (Å²) in [6.45, 7) is 5.82. The van der Waals surface area contributed by atoms with Crippen LogP contribution in [0.4, 0.5) is 5.69 Å². The predicted molar refractivity (Wildman–Crippen MR) is 148 cm³/mol. The summed E-state index contributed by atoms with van der Waals surface area (Å²) in [5.74, 6) is 0.373. The monoisotopic (exact) mass is 541 g/mol. The third kappa shape index (κ3) is 4.35. The molecule has 1 amide bonds. The van der Waals surface area contributed by atoms with Crippen molar-refractivity contribution in [3.05, 3.63) is 104 Å². The molecule has 8 heteroatoms. The van der Waals surface area contributed by atoms with E-state index >= 15 is 0 Å². The highest BCUT2D eigenvalue weighted by Crippen LogP contribution is 2.25. The van der Waals surface area contributed by atoms with Crippen LogP contribution >= 0.6 is 15.9 Å². The van der Waals surface area contributed by atoms with Gasteiger partial charge in [0.15, 0.2) is 0 Å². The quantitative estimate of drug-likeness (QED) is 0.296. The van der Waals surface area contributed by atoms with Crippen LogP contribution in [0, 0.1) is 20.8 Å². The number of carbonyl (C=O) groups excluding carboxylic acids is 1. The molecule has 0 aliphatic rings. The molecule has 7 nitrogen and oxygen atoms in total. The Morgan fingerprint density at radius 2 is 1.78 bits per heavy atom. The number of amides is 1. The van der Waals surface area contributed by atoms with Gasteiger partial charge in [-0.15, -0.1) is 0 Å². The molecule has 2 aromatic heterocycles. The van der Waals surface area contributed by atoms with E-state index in [4.69, 9.17) is 0 Å². The van der Waals surface area contributed by atoms with E-state index in [1.54, 1.807) is 19.2 Å². The molecule has 0 unspecified atom stereocenters.